The minimum Gasteiger partial charge on any atom is -0.493 e. The van der Waals surface area contributed by atoms with Gasteiger partial charge < -0.3 is 15.2 Å². The van der Waals surface area contributed by atoms with Gasteiger partial charge in [-0.3, -0.25) is 0 Å². The summed E-state index contributed by atoms with van der Waals surface area (Å²) in [5, 5.41) is 0. The summed E-state index contributed by atoms with van der Waals surface area (Å²) in [5.41, 5.74) is 6.96. The average molecular weight is 279 g/mol. The Labute approximate surface area is 115 Å². The van der Waals surface area contributed by atoms with Gasteiger partial charge in [-0.05, 0) is 29.3 Å². The van der Waals surface area contributed by atoms with Gasteiger partial charge in [0.1, 0.15) is 0 Å². The lowest BCUT2D eigenvalue weighted by molar-refractivity contribution is 0.354. The van der Waals surface area contributed by atoms with Gasteiger partial charge in [-0.1, -0.05) is 12.1 Å². The van der Waals surface area contributed by atoms with Crippen LogP contribution in [0.5, 0.6) is 11.5 Å². The van der Waals surface area contributed by atoms with Crippen LogP contribution < -0.4 is 15.2 Å². The monoisotopic (exact) mass is 279 g/mol. The molecule has 0 aliphatic heterocycles. The van der Waals surface area contributed by atoms with Crippen molar-refractivity contribution < 1.29 is 18.3 Å². The van der Waals surface area contributed by atoms with Gasteiger partial charge in [-0.15, -0.1) is 0 Å². The largest absolute Gasteiger partial charge is 0.493 e. The molecular formula is C15H15F2NO2. The highest BCUT2D eigenvalue weighted by Gasteiger charge is 2.16. The highest BCUT2D eigenvalue weighted by molar-refractivity contribution is 5.72. The first-order valence-electron chi connectivity index (χ1n) is 6.01. The molecule has 0 saturated carbocycles. The lowest BCUT2D eigenvalue weighted by Gasteiger charge is -2.14. The second-order valence-electron chi connectivity index (χ2n) is 4.17. The van der Waals surface area contributed by atoms with Crippen LogP contribution in [-0.4, -0.2) is 14.2 Å². The number of hydrogen-bond acceptors (Lipinski definition) is 3. The van der Waals surface area contributed by atoms with E-state index in [1.807, 2.05) is 0 Å². The van der Waals surface area contributed by atoms with E-state index in [0.717, 1.165) is 6.07 Å². The zero-order valence-electron chi connectivity index (χ0n) is 11.2. The van der Waals surface area contributed by atoms with E-state index in [4.69, 9.17) is 15.2 Å². The Bertz CT molecular complexity index is 630. The van der Waals surface area contributed by atoms with Gasteiger partial charge in [0.15, 0.2) is 23.1 Å². The van der Waals surface area contributed by atoms with Gasteiger partial charge in [0.25, 0.3) is 0 Å². The van der Waals surface area contributed by atoms with E-state index >= 15 is 0 Å². The molecule has 106 valence electrons. The van der Waals surface area contributed by atoms with Gasteiger partial charge in [0.2, 0.25) is 0 Å². The zero-order valence-corrected chi connectivity index (χ0v) is 11.2. The molecule has 0 fully saturated rings. The normalized spacial score (nSPS) is 10.4. The van der Waals surface area contributed by atoms with Crippen molar-refractivity contribution in [2.75, 3.05) is 14.2 Å². The van der Waals surface area contributed by atoms with E-state index in [2.05, 4.69) is 0 Å². The van der Waals surface area contributed by atoms with Gasteiger partial charge >= 0.3 is 0 Å². The van der Waals surface area contributed by atoms with Crippen LogP contribution in [0.4, 0.5) is 8.78 Å². The summed E-state index contributed by atoms with van der Waals surface area (Å²) < 4.78 is 37.7. The summed E-state index contributed by atoms with van der Waals surface area (Å²) in [6, 6.07) is 7.28. The number of nitrogens with two attached hydrogens (primary N) is 1. The van der Waals surface area contributed by atoms with Crippen LogP contribution in [0, 0.1) is 11.6 Å². The van der Waals surface area contributed by atoms with Gasteiger partial charge in [-0.2, -0.15) is 0 Å². The highest BCUT2D eigenvalue weighted by Crippen LogP contribution is 2.36. The Morgan fingerprint density at radius 3 is 2.25 bits per heavy atom. The highest BCUT2D eigenvalue weighted by atomic mass is 19.2. The summed E-state index contributed by atoms with van der Waals surface area (Å²) in [6.45, 7) is 0.172. The van der Waals surface area contributed by atoms with Gasteiger partial charge in [-0.25, -0.2) is 8.78 Å². The predicted molar refractivity (Wildman–Crippen MR) is 72.8 cm³/mol. The standard InChI is InChI=1S/C15H15F2NO2/c1-19-13-6-9(8-18)11(7-14(13)20-2)10-4-3-5-12(16)15(10)17/h3-7H,8,18H2,1-2H3. The van der Waals surface area contributed by atoms with Crippen LogP contribution in [0.3, 0.4) is 0 Å². The number of rotatable bonds is 4. The quantitative estimate of drug-likeness (QED) is 0.935. The van der Waals surface area contributed by atoms with Crippen LogP contribution in [0.1, 0.15) is 5.56 Å². The lowest BCUT2D eigenvalue weighted by Crippen LogP contribution is -2.03. The number of methoxy groups -OCH3 is 2. The minimum absolute atomic E-state index is 0.145. The second-order valence-corrected chi connectivity index (χ2v) is 4.17. The van der Waals surface area contributed by atoms with E-state index in [9.17, 15) is 8.78 Å². The van der Waals surface area contributed by atoms with Crippen molar-refractivity contribution in [1.82, 2.24) is 0 Å². The van der Waals surface area contributed by atoms with E-state index in [-0.39, 0.29) is 12.1 Å². The van der Waals surface area contributed by atoms with Crippen molar-refractivity contribution in [3.63, 3.8) is 0 Å². The van der Waals surface area contributed by atoms with Crippen LogP contribution in [0.15, 0.2) is 30.3 Å². The SMILES string of the molecule is COc1cc(CN)c(-c2cccc(F)c2F)cc1OC. The summed E-state index contributed by atoms with van der Waals surface area (Å²) in [5.74, 6) is -0.883. The number of hydrogen-bond donors (Lipinski definition) is 1. The molecule has 2 aromatic carbocycles. The van der Waals surface area contributed by atoms with Crippen molar-refractivity contribution in [3.05, 3.63) is 47.5 Å². The number of halogens is 2. The molecule has 2 N–H and O–H groups in total. The maximum atomic E-state index is 13.9. The molecule has 5 heteroatoms. The van der Waals surface area contributed by atoms with Crippen LogP contribution >= 0.6 is 0 Å². The third-order valence-corrected chi connectivity index (χ3v) is 3.07. The zero-order chi connectivity index (χ0) is 14.7. The molecular weight excluding hydrogens is 264 g/mol. The molecule has 0 bridgehead atoms. The molecule has 0 saturated heterocycles. The van der Waals surface area contributed by atoms with E-state index in [0.29, 0.717) is 22.6 Å². The smallest absolute Gasteiger partial charge is 0.166 e. The van der Waals surface area contributed by atoms with E-state index < -0.39 is 11.6 Å². The molecule has 2 rings (SSSR count). The number of ether oxygens (including phenoxy) is 2. The van der Waals surface area contributed by atoms with Crippen LogP contribution in [0.25, 0.3) is 11.1 Å². The number of benzene rings is 2. The fourth-order valence-corrected chi connectivity index (χ4v) is 2.05. The van der Waals surface area contributed by atoms with E-state index in [1.165, 1.54) is 26.4 Å². The summed E-state index contributed by atoms with van der Waals surface area (Å²) in [6.07, 6.45) is 0. The van der Waals surface area contributed by atoms with Crippen LogP contribution in [0.2, 0.25) is 0 Å². The predicted octanol–water partition coefficient (Wildman–Crippen LogP) is 3.11. The topological polar surface area (TPSA) is 44.5 Å². The molecule has 0 heterocycles. The lowest BCUT2D eigenvalue weighted by atomic mass is 9.98. The molecule has 0 unspecified atom stereocenters. The van der Waals surface area contributed by atoms with Gasteiger partial charge in [0.05, 0.1) is 14.2 Å². The molecule has 20 heavy (non-hydrogen) atoms. The first-order valence-corrected chi connectivity index (χ1v) is 6.01. The fraction of sp³-hybridized carbons (Fsp3) is 0.200. The molecule has 0 aromatic heterocycles. The van der Waals surface area contributed by atoms with Crippen molar-refractivity contribution in [3.8, 4) is 22.6 Å². The minimum atomic E-state index is -0.908. The molecule has 0 amide bonds. The Kier molecular flexibility index (Phi) is 4.20. The van der Waals surface area contributed by atoms with Crippen molar-refractivity contribution >= 4 is 0 Å². The average Bonchev–Trinajstić information content (AvgIpc) is 2.48. The Morgan fingerprint density at radius 2 is 1.65 bits per heavy atom. The fourth-order valence-electron chi connectivity index (χ4n) is 2.05. The summed E-state index contributed by atoms with van der Waals surface area (Å²) in [7, 11) is 2.98. The molecule has 0 atom stereocenters. The van der Waals surface area contributed by atoms with Crippen molar-refractivity contribution in [2.24, 2.45) is 5.73 Å². The molecule has 2 aromatic rings. The first kappa shape index (κ1) is 14.3. The Hall–Kier alpha value is -2.14. The third-order valence-electron chi connectivity index (χ3n) is 3.07. The van der Waals surface area contributed by atoms with Crippen molar-refractivity contribution in [1.29, 1.82) is 0 Å². The van der Waals surface area contributed by atoms with Crippen LogP contribution in [-0.2, 0) is 6.54 Å². The second kappa shape index (κ2) is 5.88. The third kappa shape index (κ3) is 2.44. The Morgan fingerprint density at radius 1 is 1.00 bits per heavy atom. The Balaban J connectivity index is 2.69. The first-order chi connectivity index (χ1) is 9.62. The summed E-state index contributed by atoms with van der Waals surface area (Å²) in [4.78, 5) is 0. The van der Waals surface area contributed by atoms with E-state index in [1.54, 1.807) is 12.1 Å². The van der Waals surface area contributed by atoms with Crippen molar-refractivity contribution in [2.45, 2.75) is 6.54 Å². The molecule has 3 nitrogen and oxygen atoms in total. The van der Waals surface area contributed by atoms with Gasteiger partial charge in [0, 0.05) is 12.1 Å². The molecule has 0 aliphatic rings. The molecule has 0 spiro atoms. The maximum Gasteiger partial charge on any atom is 0.166 e. The molecule has 0 radical (unpaired) electrons. The maximum absolute atomic E-state index is 13.9. The summed E-state index contributed by atoms with van der Waals surface area (Å²) >= 11 is 0. The molecule has 0 aliphatic carbocycles.